The van der Waals surface area contributed by atoms with Gasteiger partial charge in [0.2, 0.25) is 0 Å². The molecule has 0 rings (SSSR count). The van der Waals surface area contributed by atoms with Crippen LogP contribution in [0.15, 0.2) is 12.2 Å². The van der Waals surface area contributed by atoms with E-state index in [0.717, 1.165) is 19.3 Å². The van der Waals surface area contributed by atoms with Gasteiger partial charge in [-0.25, -0.2) is 4.57 Å². The molecule has 0 unspecified atom stereocenters. The number of unbranched alkanes of at least 4 members (excludes halogenated alkanes) is 11. The summed E-state index contributed by atoms with van der Waals surface area (Å²) in [6.45, 7) is 1.31. The Balaban J connectivity index is 3.34. The molecule has 29 heavy (non-hydrogen) atoms. The van der Waals surface area contributed by atoms with E-state index < -0.39 is 26.5 Å². The number of phosphoric ester groups is 1. The molecule has 0 spiro atoms. The summed E-state index contributed by atoms with van der Waals surface area (Å²) < 4.78 is 19.5. The van der Waals surface area contributed by atoms with Crippen molar-refractivity contribution in [2.45, 2.75) is 103 Å². The Morgan fingerprint density at radius 3 is 1.93 bits per heavy atom. The van der Waals surface area contributed by atoms with Gasteiger partial charge in [-0.15, -0.1) is 0 Å². The maximum Gasteiger partial charge on any atom is 0.469 e. The van der Waals surface area contributed by atoms with Crippen molar-refractivity contribution in [1.82, 2.24) is 0 Å². The lowest BCUT2D eigenvalue weighted by molar-refractivity contribution is -0.147. The molecule has 0 aromatic carbocycles. The molecule has 0 saturated heterocycles. The Bertz CT molecular complexity index is 462. The Morgan fingerprint density at radius 2 is 1.38 bits per heavy atom. The van der Waals surface area contributed by atoms with Crippen LogP contribution in [0.3, 0.4) is 0 Å². The zero-order valence-electron chi connectivity index (χ0n) is 18.0. The van der Waals surface area contributed by atoms with Crippen LogP contribution in [0.4, 0.5) is 0 Å². The van der Waals surface area contributed by atoms with Gasteiger partial charge in [0.05, 0.1) is 6.61 Å². The highest BCUT2D eigenvalue weighted by atomic mass is 31.2. The minimum Gasteiger partial charge on any atom is -0.463 e. The van der Waals surface area contributed by atoms with E-state index >= 15 is 0 Å². The van der Waals surface area contributed by atoms with E-state index in [1.807, 2.05) is 0 Å². The van der Waals surface area contributed by atoms with Crippen molar-refractivity contribution in [3.63, 3.8) is 0 Å². The van der Waals surface area contributed by atoms with Gasteiger partial charge in [-0.1, -0.05) is 76.9 Å². The van der Waals surface area contributed by atoms with E-state index in [2.05, 4.69) is 23.6 Å². The second-order valence-corrected chi connectivity index (χ2v) is 8.70. The van der Waals surface area contributed by atoms with Crippen molar-refractivity contribution < 1.29 is 33.5 Å². The molecule has 0 aliphatic rings. The van der Waals surface area contributed by atoms with Crippen LogP contribution in [0.5, 0.6) is 0 Å². The van der Waals surface area contributed by atoms with Gasteiger partial charge in [0.25, 0.3) is 0 Å². The molecule has 0 saturated carbocycles. The van der Waals surface area contributed by atoms with E-state index in [1.54, 1.807) is 0 Å². The lowest BCUT2D eigenvalue weighted by atomic mass is 10.1. The summed E-state index contributed by atoms with van der Waals surface area (Å²) in [4.78, 5) is 28.6. The SMILES string of the molecule is CCCC/C=C/CCCCCCCCCCCC(=O)OC[C@H](O)COP(=O)(O)O. The van der Waals surface area contributed by atoms with Gasteiger partial charge >= 0.3 is 13.8 Å². The average Bonchev–Trinajstić information content (AvgIpc) is 2.67. The molecule has 0 heterocycles. The number of carbonyl (C=O) groups excluding carboxylic acids is 1. The number of hydrogen-bond donors (Lipinski definition) is 3. The third kappa shape index (κ3) is 23.4. The van der Waals surface area contributed by atoms with E-state index in [-0.39, 0.29) is 13.0 Å². The van der Waals surface area contributed by atoms with Crippen LogP contribution in [-0.2, 0) is 18.6 Å². The molecule has 7 nitrogen and oxygen atoms in total. The molecule has 0 aliphatic heterocycles. The number of aliphatic hydroxyl groups is 1. The van der Waals surface area contributed by atoms with Crippen molar-refractivity contribution in [3.8, 4) is 0 Å². The Morgan fingerprint density at radius 1 is 0.862 bits per heavy atom. The number of carbonyl (C=O) groups is 1. The van der Waals surface area contributed by atoms with Gasteiger partial charge in [-0.05, 0) is 25.7 Å². The molecule has 0 fully saturated rings. The molecule has 0 radical (unpaired) electrons. The number of esters is 1. The molecule has 0 aromatic rings. The topological polar surface area (TPSA) is 113 Å². The quantitative estimate of drug-likeness (QED) is 0.106. The van der Waals surface area contributed by atoms with Gasteiger partial charge in [0, 0.05) is 6.42 Å². The smallest absolute Gasteiger partial charge is 0.463 e. The molecular weight excluding hydrogens is 395 g/mol. The first-order chi connectivity index (χ1) is 13.8. The van der Waals surface area contributed by atoms with Crippen LogP contribution >= 0.6 is 7.82 Å². The molecule has 1 atom stereocenters. The van der Waals surface area contributed by atoms with Gasteiger partial charge < -0.3 is 19.6 Å². The van der Waals surface area contributed by atoms with E-state index in [0.29, 0.717) is 0 Å². The average molecular weight is 437 g/mol. The third-order valence-corrected chi connectivity index (χ3v) is 5.00. The fourth-order valence-electron chi connectivity index (χ4n) is 2.82. The number of hydrogen-bond acceptors (Lipinski definition) is 5. The van der Waals surface area contributed by atoms with Crippen molar-refractivity contribution in [1.29, 1.82) is 0 Å². The molecule has 3 N–H and O–H groups in total. The molecular formula is C21H41O7P. The van der Waals surface area contributed by atoms with Crippen LogP contribution in [-0.4, -0.2) is 40.2 Å². The first-order valence-corrected chi connectivity index (χ1v) is 12.6. The molecule has 0 aromatic heterocycles. The molecule has 172 valence electrons. The van der Waals surface area contributed by atoms with Crippen LogP contribution in [0.1, 0.15) is 96.8 Å². The summed E-state index contributed by atoms with van der Waals surface area (Å²) in [5.41, 5.74) is 0. The summed E-state index contributed by atoms with van der Waals surface area (Å²) in [7, 11) is -4.62. The van der Waals surface area contributed by atoms with Crippen LogP contribution < -0.4 is 0 Å². The van der Waals surface area contributed by atoms with Crippen molar-refractivity contribution >= 4 is 13.8 Å². The summed E-state index contributed by atoms with van der Waals surface area (Å²) in [5.74, 6) is -0.413. The van der Waals surface area contributed by atoms with Crippen molar-refractivity contribution in [2.75, 3.05) is 13.2 Å². The first kappa shape index (κ1) is 28.3. The standard InChI is InChI=1S/C21H41O7P/c1-2-3-4-5-6-7-8-9-10-11-12-13-14-15-16-17-21(23)27-18-20(22)19-28-29(24,25)26/h5-6,20,22H,2-4,7-19H2,1H3,(H2,24,25,26)/b6-5+/t20-/m0/s1. The minimum atomic E-state index is -4.62. The lowest BCUT2D eigenvalue weighted by Gasteiger charge is -2.12. The zero-order chi connectivity index (χ0) is 21.8. The number of allylic oxidation sites excluding steroid dienone is 2. The summed E-state index contributed by atoms with van der Waals surface area (Å²) in [5, 5.41) is 9.42. The highest BCUT2D eigenvalue weighted by Gasteiger charge is 2.17. The highest BCUT2D eigenvalue weighted by molar-refractivity contribution is 7.46. The van der Waals surface area contributed by atoms with Crippen LogP contribution in [0, 0.1) is 0 Å². The lowest BCUT2D eigenvalue weighted by Crippen LogP contribution is -2.23. The summed E-state index contributed by atoms with van der Waals surface area (Å²) >= 11 is 0. The number of phosphoric acid groups is 1. The van der Waals surface area contributed by atoms with Crippen molar-refractivity contribution in [3.05, 3.63) is 12.2 Å². The normalized spacial score (nSPS) is 13.1. The zero-order valence-corrected chi connectivity index (χ0v) is 18.9. The van der Waals surface area contributed by atoms with Crippen LogP contribution in [0.25, 0.3) is 0 Å². The monoisotopic (exact) mass is 436 g/mol. The predicted molar refractivity (Wildman–Crippen MR) is 114 cm³/mol. The largest absolute Gasteiger partial charge is 0.469 e. The van der Waals surface area contributed by atoms with Crippen LogP contribution in [0.2, 0.25) is 0 Å². The molecule has 0 amide bonds. The van der Waals surface area contributed by atoms with Gasteiger partial charge in [-0.3, -0.25) is 9.32 Å². The predicted octanol–water partition coefficient (Wildman–Crippen LogP) is 5.04. The number of rotatable bonds is 20. The fourth-order valence-corrected chi connectivity index (χ4v) is 3.19. The van der Waals surface area contributed by atoms with E-state index in [4.69, 9.17) is 14.5 Å². The maximum absolute atomic E-state index is 11.6. The Kier molecular flexibility index (Phi) is 18.8. The summed E-state index contributed by atoms with van der Waals surface area (Å²) in [6.07, 6.45) is 19.0. The number of ether oxygens (including phenoxy) is 1. The molecule has 0 bridgehead atoms. The minimum absolute atomic E-state index is 0.290. The van der Waals surface area contributed by atoms with E-state index in [1.165, 1.54) is 64.2 Å². The third-order valence-electron chi connectivity index (χ3n) is 4.51. The number of aliphatic hydroxyl groups excluding tert-OH is 1. The van der Waals surface area contributed by atoms with Gasteiger partial charge in [0.1, 0.15) is 12.7 Å². The first-order valence-electron chi connectivity index (χ1n) is 11.0. The maximum atomic E-state index is 11.6. The Hall–Kier alpha value is -0.720. The van der Waals surface area contributed by atoms with Crippen molar-refractivity contribution in [2.24, 2.45) is 0 Å². The molecule has 0 aliphatic carbocycles. The van der Waals surface area contributed by atoms with Gasteiger partial charge in [0.15, 0.2) is 0 Å². The van der Waals surface area contributed by atoms with Gasteiger partial charge in [-0.2, -0.15) is 0 Å². The second kappa shape index (κ2) is 19.3. The van der Waals surface area contributed by atoms with E-state index in [9.17, 15) is 14.5 Å². The second-order valence-electron chi connectivity index (χ2n) is 7.46. The fraction of sp³-hybridized carbons (Fsp3) is 0.857. The summed E-state index contributed by atoms with van der Waals surface area (Å²) in [6, 6.07) is 0. The highest BCUT2D eigenvalue weighted by Crippen LogP contribution is 2.35. The Labute approximate surface area is 176 Å². The molecule has 8 heteroatoms.